The largest absolute Gasteiger partial charge is 0.496 e. The van der Waals surface area contributed by atoms with Crippen LogP contribution in [0, 0.1) is 0 Å². The van der Waals surface area contributed by atoms with Gasteiger partial charge in [0.05, 0.1) is 12.7 Å². The van der Waals surface area contributed by atoms with Crippen LogP contribution in [0.2, 0.25) is 5.02 Å². The third kappa shape index (κ3) is 2.54. The van der Waals surface area contributed by atoms with Crippen LogP contribution in [0.5, 0.6) is 5.75 Å². The fraction of sp³-hybridized carbons (Fsp3) is 0.333. The van der Waals surface area contributed by atoms with Crippen molar-refractivity contribution >= 4 is 11.6 Å². The van der Waals surface area contributed by atoms with Gasteiger partial charge in [0, 0.05) is 17.1 Å². The number of rotatable bonds is 2. The zero-order valence-electron chi connectivity index (χ0n) is 7.86. The highest BCUT2D eigenvalue weighted by Gasteiger charge is 2.34. The molecule has 0 heterocycles. The molecule has 2 N–H and O–H groups in total. The summed E-state index contributed by atoms with van der Waals surface area (Å²) in [5, 5.41) is -0.0311. The fourth-order valence-electron chi connectivity index (χ4n) is 1.26. The van der Waals surface area contributed by atoms with Crippen LogP contribution in [-0.2, 0) is 12.7 Å². The predicted octanol–water partition coefficient (Wildman–Crippen LogP) is 2.83. The maximum Gasteiger partial charge on any atom is 0.416 e. The van der Waals surface area contributed by atoms with E-state index >= 15 is 0 Å². The number of nitrogens with two attached hydrogens (primary N) is 1. The first kappa shape index (κ1) is 12.1. The van der Waals surface area contributed by atoms with Gasteiger partial charge in [-0.25, -0.2) is 0 Å². The molecule has 6 heteroatoms. The van der Waals surface area contributed by atoms with Gasteiger partial charge in [-0.1, -0.05) is 11.6 Å². The van der Waals surface area contributed by atoms with Gasteiger partial charge in [-0.2, -0.15) is 13.2 Å². The van der Waals surface area contributed by atoms with E-state index in [0.717, 1.165) is 6.07 Å². The van der Waals surface area contributed by atoms with E-state index in [0.29, 0.717) is 0 Å². The quantitative estimate of drug-likeness (QED) is 0.861. The van der Waals surface area contributed by atoms with E-state index in [4.69, 9.17) is 22.1 Å². The minimum absolute atomic E-state index is 0.0311. The standard InChI is InChI=1S/C9H9ClF3NO/c1-15-8-3-5(10)2-7(6(8)4-14)9(11,12)13/h2-3H,4,14H2,1H3. The van der Waals surface area contributed by atoms with E-state index in [1.54, 1.807) is 0 Å². The Bertz CT molecular complexity index is 365. The van der Waals surface area contributed by atoms with E-state index in [1.807, 2.05) is 0 Å². The number of hydrogen-bond donors (Lipinski definition) is 1. The lowest BCUT2D eigenvalue weighted by Gasteiger charge is -2.15. The normalized spacial score (nSPS) is 11.6. The molecule has 0 saturated carbocycles. The molecule has 0 saturated heterocycles. The van der Waals surface area contributed by atoms with Crippen LogP contribution in [0.3, 0.4) is 0 Å². The van der Waals surface area contributed by atoms with Crippen molar-refractivity contribution in [3.63, 3.8) is 0 Å². The molecular weight excluding hydrogens is 231 g/mol. The average molecular weight is 240 g/mol. The van der Waals surface area contributed by atoms with Crippen molar-refractivity contribution in [1.82, 2.24) is 0 Å². The smallest absolute Gasteiger partial charge is 0.416 e. The summed E-state index contributed by atoms with van der Waals surface area (Å²) in [5.74, 6) is 0.0531. The second-order valence-corrected chi connectivity index (χ2v) is 3.27. The Morgan fingerprint density at radius 1 is 1.40 bits per heavy atom. The molecule has 0 aliphatic heterocycles. The van der Waals surface area contributed by atoms with Crippen LogP contribution < -0.4 is 10.5 Å². The van der Waals surface area contributed by atoms with Gasteiger partial charge in [-0.05, 0) is 12.1 Å². The third-order valence-electron chi connectivity index (χ3n) is 1.90. The van der Waals surface area contributed by atoms with Gasteiger partial charge in [0.1, 0.15) is 5.75 Å². The molecule has 0 spiro atoms. The lowest BCUT2D eigenvalue weighted by molar-refractivity contribution is -0.138. The Kier molecular flexibility index (Phi) is 3.46. The number of halogens is 4. The molecule has 0 aromatic heterocycles. The first-order chi connectivity index (χ1) is 6.90. The summed E-state index contributed by atoms with van der Waals surface area (Å²) in [4.78, 5) is 0. The Morgan fingerprint density at radius 2 is 2.00 bits per heavy atom. The third-order valence-corrected chi connectivity index (χ3v) is 2.12. The van der Waals surface area contributed by atoms with Crippen molar-refractivity contribution in [2.45, 2.75) is 12.7 Å². The van der Waals surface area contributed by atoms with Crippen molar-refractivity contribution in [3.05, 3.63) is 28.3 Å². The zero-order valence-corrected chi connectivity index (χ0v) is 8.62. The van der Waals surface area contributed by atoms with Crippen LogP contribution in [0.25, 0.3) is 0 Å². The molecule has 0 aliphatic rings. The monoisotopic (exact) mass is 239 g/mol. The molecular formula is C9H9ClF3NO. The van der Waals surface area contributed by atoms with E-state index in [9.17, 15) is 13.2 Å². The molecule has 0 amide bonds. The van der Waals surface area contributed by atoms with Crippen LogP contribution in [0.15, 0.2) is 12.1 Å². The second kappa shape index (κ2) is 4.28. The first-order valence-electron chi connectivity index (χ1n) is 4.03. The second-order valence-electron chi connectivity index (χ2n) is 2.84. The van der Waals surface area contributed by atoms with Gasteiger partial charge >= 0.3 is 6.18 Å². The van der Waals surface area contributed by atoms with Gasteiger partial charge in [-0.15, -0.1) is 0 Å². The van der Waals surface area contributed by atoms with Crippen molar-refractivity contribution in [3.8, 4) is 5.75 Å². The highest BCUT2D eigenvalue weighted by atomic mass is 35.5. The molecule has 2 nitrogen and oxygen atoms in total. The minimum Gasteiger partial charge on any atom is -0.496 e. The Balaban J connectivity index is 3.42. The number of ether oxygens (including phenoxy) is 1. The SMILES string of the molecule is COc1cc(Cl)cc(C(F)(F)F)c1CN. The molecule has 0 atom stereocenters. The van der Waals surface area contributed by atoms with Gasteiger partial charge < -0.3 is 10.5 Å². The lowest BCUT2D eigenvalue weighted by Crippen LogP contribution is -2.13. The summed E-state index contributed by atoms with van der Waals surface area (Å²) in [6.07, 6.45) is -4.48. The Labute approximate surface area is 89.8 Å². The lowest BCUT2D eigenvalue weighted by atomic mass is 10.1. The summed E-state index contributed by atoms with van der Waals surface area (Å²) in [6.45, 7) is -0.255. The number of benzene rings is 1. The molecule has 0 unspecified atom stereocenters. The summed E-state index contributed by atoms with van der Waals surface area (Å²) >= 11 is 5.54. The zero-order chi connectivity index (χ0) is 11.6. The molecule has 84 valence electrons. The van der Waals surface area contributed by atoms with Crippen molar-refractivity contribution in [1.29, 1.82) is 0 Å². The van der Waals surface area contributed by atoms with Crippen LogP contribution >= 0.6 is 11.6 Å². The van der Waals surface area contributed by atoms with E-state index in [2.05, 4.69) is 0 Å². The minimum atomic E-state index is -4.48. The molecule has 1 aromatic carbocycles. The molecule has 0 fully saturated rings. The molecule has 0 aliphatic carbocycles. The van der Waals surface area contributed by atoms with Crippen LogP contribution in [0.1, 0.15) is 11.1 Å². The van der Waals surface area contributed by atoms with Crippen molar-refractivity contribution in [2.75, 3.05) is 7.11 Å². The highest BCUT2D eigenvalue weighted by molar-refractivity contribution is 6.30. The summed E-state index contributed by atoms with van der Waals surface area (Å²) < 4.78 is 42.5. The van der Waals surface area contributed by atoms with E-state index in [-0.39, 0.29) is 22.9 Å². The van der Waals surface area contributed by atoms with Crippen molar-refractivity contribution in [2.24, 2.45) is 5.73 Å². The van der Waals surface area contributed by atoms with Crippen LogP contribution in [0.4, 0.5) is 13.2 Å². The van der Waals surface area contributed by atoms with E-state index in [1.165, 1.54) is 13.2 Å². The van der Waals surface area contributed by atoms with Gasteiger partial charge in [0.25, 0.3) is 0 Å². The maximum atomic E-state index is 12.6. The topological polar surface area (TPSA) is 35.2 Å². The molecule has 1 aromatic rings. The summed E-state index contributed by atoms with van der Waals surface area (Å²) in [7, 11) is 1.27. The maximum absolute atomic E-state index is 12.6. The summed E-state index contributed by atoms with van der Waals surface area (Å²) in [5.41, 5.74) is 4.31. The average Bonchev–Trinajstić information content (AvgIpc) is 2.15. The van der Waals surface area contributed by atoms with Gasteiger partial charge in [-0.3, -0.25) is 0 Å². The van der Waals surface area contributed by atoms with Gasteiger partial charge in [0.2, 0.25) is 0 Å². The highest BCUT2D eigenvalue weighted by Crippen LogP contribution is 2.38. The fourth-order valence-corrected chi connectivity index (χ4v) is 1.47. The molecule has 1 rings (SSSR count). The predicted molar refractivity (Wildman–Crippen MR) is 50.9 cm³/mol. The van der Waals surface area contributed by atoms with Crippen LogP contribution in [-0.4, -0.2) is 7.11 Å². The molecule has 15 heavy (non-hydrogen) atoms. The van der Waals surface area contributed by atoms with E-state index < -0.39 is 11.7 Å². The summed E-state index contributed by atoms with van der Waals surface area (Å²) in [6, 6.07) is 2.14. The Morgan fingerprint density at radius 3 is 2.40 bits per heavy atom. The molecule has 0 bridgehead atoms. The molecule has 0 radical (unpaired) electrons. The number of hydrogen-bond acceptors (Lipinski definition) is 2. The first-order valence-corrected chi connectivity index (χ1v) is 4.41. The number of methoxy groups -OCH3 is 1. The number of alkyl halides is 3. The Hall–Kier alpha value is -0.940. The van der Waals surface area contributed by atoms with Gasteiger partial charge in [0.15, 0.2) is 0 Å². The van der Waals surface area contributed by atoms with Crippen molar-refractivity contribution < 1.29 is 17.9 Å².